The van der Waals surface area contributed by atoms with Gasteiger partial charge in [0.1, 0.15) is 12.0 Å². The van der Waals surface area contributed by atoms with Gasteiger partial charge in [-0.3, -0.25) is 15.0 Å². The predicted octanol–water partition coefficient (Wildman–Crippen LogP) is 3.62. The van der Waals surface area contributed by atoms with Crippen LogP contribution in [0, 0.1) is 10.1 Å². The van der Waals surface area contributed by atoms with Gasteiger partial charge in [-0.15, -0.1) is 0 Å². The zero-order valence-corrected chi connectivity index (χ0v) is 15.0. The maximum atomic E-state index is 10.8. The van der Waals surface area contributed by atoms with Crippen molar-refractivity contribution in [2.45, 2.75) is 50.4 Å². The summed E-state index contributed by atoms with van der Waals surface area (Å²) in [7, 11) is 2.06. The van der Waals surface area contributed by atoms with Gasteiger partial charge in [-0.1, -0.05) is 30.3 Å². The van der Waals surface area contributed by atoms with Crippen LogP contribution in [0.5, 0.6) is 0 Å². The van der Waals surface area contributed by atoms with Gasteiger partial charge in [0.15, 0.2) is 0 Å². The number of fused-ring (bicyclic) bond motifs is 2. The average molecular weight is 352 g/mol. The van der Waals surface area contributed by atoms with E-state index in [2.05, 4.69) is 52.2 Å². The molecule has 3 heterocycles. The monoisotopic (exact) mass is 352 g/mol. The SMILES string of the molecule is CN(c1ccc([N+](=O)[O-])cn1)C1CC2CCC(C1)N2Cc1ccccc1. The summed E-state index contributed by atoms with van der Waals surface area (Å²) < 4.78 is 0. The van der Waals surface area contributed by atoms with Crippen LogP contribution in [0.25, 0.3) is 0 Å². The molecular formula is C20H24N4O2. The number of pyridine rings is 1. The quantitative estimate of drug-likeness (QED) is 0.607. The second-order valence-electron chi connectivity index (χ2n) is 7.41. The van der Waals surface area contributed by atoms with Crippen LogP contribution in [0.3, 0.4) is 0 Å². The second-order valence-corrected chi connectivity index (χ2v) is 7.41. The van der Waals surface area contributed by atoms with E-state index in [0.717, 1.165) is 25.2 Å². The summed E-state index contributed by atoms with van der Waals surface area (Å²) in [5.74, 6) is 0.816. The van der Waals surface area contributed by atoms with Crippen LogP contribution >= 0.6 is 0 Å². The maximum absolute atomic E-state index is 10.8. The van der Waals surface area contributed by atoms with Crippen molar-refractivity contribution < 1.29 is 4.92 Å². The molecule has 4 rings (SSSR count). The molecule has 2 atom stereocenters. The van der Waals surface area contributed by atoms with Gasteiger partial charge in [-0.25, -0.2) is 4.98 Å². The summed E-state index contributed by atoms with van der Waals surface area (Å²) in [6, 6.07) is 15.7. The molecule has 6 nitrogen and oxygen atoms in total. The molecule has 0 radical (unpaired) electrons. The molecule has 2 aliphatic rings. The Morgan fingerprint density at radius 1 is 1.15 bits per heavy atom. The highest BCUT2D eigenvalue weighted by molar-refractivity contribution is 5.43. The normalized spacial score (nSPS) is 25.2. The van der Waals surface area contributed by atoms with Gasteiger partial charge >= 0.3 is 0 Å². The van der Waals surface area contributed by atoms with Crippen molar-refractivity contribution in [3.63, 3.8) is 0 Å². The van der Waals surface area contributed by atoms with Gasteiger partial charge in [0.05, 0.1) is 4.92 Å². The summed E-state index contributed by atoms with van der Waals surface area (Å²) in [6.07, 6.45) is 6.12. The minimum Gasteiger partial charge on any atom is -0.357 e. The van der Waals surface area contributed by atoms with E-state index < -0.39 is 4.92 Å². The Bertz CT molecular complexity index is 751. The third kappa shape index (κ3) is 3.29. The molecule has 0 N–H and O–H groups in total. The first kappa shape index (κ1) is 17.0. The number of piperidine rings is 1. The third-order valence-electron chi connectivity index (χ3n) is 5.92. The molecule has 26 heavy (non-hydrogen) atoms. The lowest BCUT2D eigenvalue weighted by molar-refractivity contribution is -0.385. The van der Waals surface area contributed by atoms with Gasteiger partial charge in [0, 0.05) is 37.8 Å². The summed E-state index contributed by atoms with van der Waals surface area (Å²) in [5, 5.41) is 10.8. The number of anilines is 1. The van der Waals surface area contributed by atoms with E-state index in [1.807, 2.05) is 0 Å². The van der Waals surface area contributed by atoms with Crippen LogP contribution in [-0.2, 0) is 6.54 Å². The molecule has 2 aromatic rings. The molecule has 6 heteroatoms. The molecule has 2 fully saturated rings. The summed E-state index contributed by atoms with van der Waals surface area (Å²) in [4.78, 5) is 19.6. The van der Waals surface area contributed by atoms with E-state index in [9.17, 15) is 10.1 Å². The summed E-state index contributed by atoms with van der Waals surface area (Å²) in [6.45, 7) is 1.03. The standard InChI is InChI=1S/C20H24N4O2/c1-22(20-10-9-18(13-21-20)24(25)26)19-11-16-7-8-17(12-19)23(16)14-15-5-3-2-4-6-15/h2-6,9-10,13,16-17,19H,7-8,11-12,14H2,1H3. The van der Waals surface area contributed by atoms with Crippen molar-refractivity contribution in [2.75, 3.05) is 11.9 Å². The highest BCUT2D eigenvalue weighted by Gasteiger charge is 2.41. The minimum absolute atomic E-state index is 0.0416. The van der Waals surface area contributed by atoms with E-state index in [0.29, 0.717) is 18.1 Å². The number of nitrogens with zero attached hydrogens (tertiary/aromatic N) is 4. The maximum Gasteiger partial charge on any atom is 0.287 e. The van der Waals surface area contributed by atoms with E-state index in [1.165, 1.54) is 30.7 Å². The lowest BCUT2D eigenvalue weighted by atomic mass is 9.95. The molecule has 0 aliphatic carbocycles. The van der Waals surface area contributed by atoms with Crippen molar-refractivity contribution >= 4 is 11.5 Å². The Hall–Kier alpha value is -2.47. The van der Waals surface area contributed by atoms with Gasteiger partial charge in [0.25, 0.3) is 5.69 Å². The Balaban J connectivity index is 1.44. The number of aromatic nitrogens is 1. The molecular weight excluding hydrogens is 328 g/mol. The zero-order valence-electron chi connectivity index (χ0n) is 15.0. The summed E-state index contributed by atoms with van der Waals surface area (Å²) >= 11 is 0. The molecule has 0 spiro atoms. The molecule has 0 saturated carbocycles. The van der Waals surface area contributed by atoms with Crippen LogP contribution in [0.2, 0.25) is 0 Å². The molecule has 2 aliphatic heterocycles. The van der Waals surface area contributed by atoms with Crippen LogP contribution in [0.4, 0.5) is 11.5 Å². The van der Waals surface area contributed by atoms with Gasteiger partial charge in [-0.2, -0.15) is 0 Å². The first-order valence-corrected chi connectivity index (χ1v) is 9.25. The topological polar surface area (TPSA) is 62.5 Å². The first-order chi connectivity index (χ1) is 12.6. The predicted molar refractivity (Wildman–Crippen MR) is 101 cm³/mol. The second kappa shape index (κ2) is 7.03. The molecule has 136 valence electrons. The highest BCUT2D eigenvalue weighted by atomic mass is 16.6. The van der Waals surface area contributed by atoms with Gasteiger partial charge in [0.2, 0.25) is 0 Å². The molecule has 1 aromatic heterocycles. The Kier molecular flexibility index (Phi) is 4.59. The largest absolute Gasteiger partial charge is 0.357 e. The van der Waals surface area contributed by atoms with E-state index in [-0.39, 0.29) is 5.69 Å². The fraction of sp³-hybridized carbons (Fsp3) is 0.450. The van der Waals surface area contributed by atoms with E-state index >= 15 is 0 Å². The Morgan fingerprint density at radius 3 is 2.42 bits per heavy atom. The summed E-state index contributed by atoms with van der Waals surface area (Å²) in [5.41, 5.74) is 1.42. The molecule has 2 unspecified atom stereocenters. The molecule has 2 saturated heterocycles. The fourth-order valence-corrected chi connectivity index (χ4v) is 4.50. The number of hydrogen-bond donors (Lipinski definition) is 0. The fourth-order valence-electron chi connectivity index (χ4n) is 4.50. The van der Waals surface area contributed by atoms with Crippen molar-refractivity contribution in [1.82, 2.24) is 9.88 Å². The number of benzene rings is 1. The highest BCUT2D eigenvalue weighted by Crippen LogP contribution is 2.39. The number of hydrogen-bond acceptors (Lipinski definition) is 5. The minimum atomic E-state index is -0.404. The van der Waals surface area contributed by atoms with E-state index in [1.54, 1.807) is 6.07 Å². The smallest absolute Gasteiger partial charge is 0.287 e. The molecule has 2 bridgehead atoms. The Morgan fingerprint density at radius 2 is 1.85 bits per heavy atom. The Labute approximate surface area is 153 Å². The van der Waals surface area contributed by atoms with Crippen LogP contribution in [-0.4, -0.2) is 40.0 Å². The van der Waals surface area contributed by atoms with Crippen molar-refractivity contribution in [3.05, 3.63) is 64.3 Å². The number of nitro groups is 1. The van der Waals surface area contributed by atoms with Crippen LogP contribution in [0.1, 0.15) is 31.2 Å². The van der Waals surface area contributed by atoms with Crippen LogP contribution in [0.15, 0.2) is 48.7 Å². The van der Waals surface area contributed by atoms with Crippen LogP contribution < -0.4 is 4.90 Å². The van der Waals surface area contributed by atoms with Crippen molar-refractivity contribution in [3.8, 4) is 0 Å². The van der Waals surface area contributed by atoms with Crippen molar-refractivity contribution in [1.29, 1.82) is 0 Å². The number of rotatable bonds is 5. The molecule has 0 amide bonds. The van der Waals surface area contributed by atoms with Gasteiger partial charge in [-0.05, 0) is 37.3 Å². The lowest BCUT2D eigenvalue weighted by Gasteiger charge is -2.42. The zero-order chi connectivity index (χ0) is 18.1. The first-order valence-electron chi connectivity index (χ1n) is 9.25. The van der Waals surface area contributed by atoms with E-state index in [4.69, 9.17) is 0 Å². The van der Waals surface area contributed by atoms with Gasteiger partial charge < -0.3 is 4.90 Å². The molecule has 1 aromatic carbocycles. The van der Waals surface area contributed by atoms with Crippen molar-refractivity contribution in [2.24, 2.45) is 0 Å². The third-order valence-corrected chi connectivity index (χ3v) is 5.92. The average Bonchev–Trinajstić information content (AvgIpc) is 2.90. The lowest BCUT2D eigenvalue weighted by Crippen LogP contribution is -2.49.